The van der Waals surface area contributed by atoms with Crippen molar-refractivity contribution in [2.24, 2.45) is 0 Å². The topological polar surface area (TPSA) is 26.3 Å². The SMILES string of the molecule is CC1CCC/C=C\CCCCCCCCCCC(=O)O1. The molecule has 0 saturated heterocycles. The van der Waals surface area contributed by atoms with Gasteiger partial charge in [-0.3, -0.25) is 4.79 Å². The minimum Gasteiger partial charge on any atom is -0.463 e. The number of carbonyl (C=O) groups excluding carboxylic acids is 1. The first-order valence-corrected chi connectivity index (χ1v) is 8.63. The average Bonchev–Trinajstić information content (AvgIpc) is 2.42. The van der Waals surface area contributed by atoms with Crippen LogP contribution in [-0.4, -0.2) is 12.1 Å². The second-order valence-electron chi connectivity index (χ2n) is 6.07. The highest BCUT2D eigenvalue weighted by atomic mass is 16.5. The minimum atomic E-state index is -0.00541. The smallest absolute Gasteiger partial charge is 0.306 e. The van der Waals surface area contributed by atoms with Crippen molar-refractivity contribution in [3.05, 3.63) is 12.2 Å². The molecule has 0 saturated carbocycles. The number of hydrogen-bond donors (Lipinski definition) is 0. The summed E-state index contributed by atoms with van der Waals surface area (Å²) in [5, 5.41) is 0. The van der Waals surface area contributed by atoms with Crippen LogP contribution in [0.5, 0.6) is 0 Å². The number of ether oxygens (including phenoxy) is 1. The maximum atomic E-state index is 11.7. The Morgan fingerprint density at radius 3 is 2.10 bits per heavy atom. The average molecular weight is 280 g/mol. The summed E-state index contributed by atoms with van der Waals surface area (Å²) >= 11 is 0. The number of cyclic esters (lactones) is 1. The molecular formula is C18H32O2. The molecule has 1 heterocycles. The summed E-state index contributed by atoms with van der Waals surface area (Å²) in [6.07, 6.45) is 19.9. The molecule has 0 aromatic heterocycles. The van der Waals surface area contributed by atoms with E-state index in [1.54, 1.807) is 0 Å². The van der Waals surface area contributed by atoms with Crippen LogP contribution in [0.1, 0.15) is 90.4 Å². The van der Waals surface area contributed by atoms with Crippen LogP contribution < -0.4 is 0 Å². The summed E-state index contributed by atoms with van der Waals surface area (Å²) in [7, 11) is 0. The van der Waals surface area contributed by atoms with E-state index in [9.17, 15) is 4.79 Å². The molecule has 1 unspecified atom stereocenters. The fourth-order valence-corrected chi connectivity index (χ4v) is 2.69. The van der Waals surface area contributed by atoms with Crippen molar-refractivity contribution in [2.75, 3.05) is 0 Å². The lowest BCUT2D eigenvalue weighted by molar-refractivity contribution is -0.148. The van der Waals surface area contributed by atoms with E-state index in [-0.39, 0.29) is 12.1 Å². The fourth-order valence-electron chi connectivity index (χ4n) is 2.69. The molecule has 0 aliphatic carbocycles. The lowest BCUT2D eigenvalue weighted by Gasteiger charge is -2.12. The first-order chi connectivity index (χ1) is 9.79. The molecule has 0 aromatic carbocycles. The Hall–Kier alpha value is -0.790. The summed E-state index contributed by atoms with van der Waals surface area (Å²) in [6.45, 7) is 2.01. The first kappa shape index (κ1) is 17.3. The van der Waals surface area contributed by atoms with Crippen molar-refractivity contribution in [3.63, 3.8) is 0 Å². The van der Waals surface area contributed by atoms with Crippen molar-refractivity contribution in [3.8, 4) is 0 Å². The highest BCUT2D eigenvalue weighted by Crippen LogP contribution is 2.13. The van der Waals surface area contributed by atoms with Gasteiger partial charge in [0.1, 0.15) is 0 Å². The van der Waals surface area contributed by atoms with Crippen LogP contribution in [0.3, 0.4) is 0 Å². The Bertz CT molecular complexity index is 271. The van der Waals surface area contributed by atoms with Crippen LogP contribution >= 0.6 is 0 Å². The number of allylic oxidation sites excluding steroid dienone is 2. The Morgan fingerprint density at radius 2 is 1.40 bits per heavy atom. The monoisotopic (exact) mass is 280 g/mol. The molecule has 116 valence electrons. The van der Waals surface area contributed by atoms with Gasteiger partial charge in [0.15, 0.2) is 0 Å². The van der Waals surface area contributed by atoms with Gasteiger partial charge in [0.2, 0.25) is 0 Å². The molecule has 2 heteroatoms. The molecule has 0 fully saturated rings. The third-order valence-corrected chi connectivity index (χ3v) is 3.98. The zero-order valence-electron chi connectivity index (χ0n) is 13.2. The second kappa shape index (κ2) is 12.0. The summed E-state index contributed by atoms with van der Waals surface area (Å²) in [5.41, 5.74) is 0. The van der Waals surface area contributed by atoms with E-state index in [4.69, 9.17) is 4.74 Å². The van der Waals surface area contributed by atoms with Crippen LogP contribution in [0.15, 0.2) is 12.2 Å². The van der Waals surface area contributed by atoms with E-state index in [1.807, 2.05) is 6.92 Å². The molecule has 1 aliphatic heterocycles. The molecule has 0 radical (unpaired) electrons. The van der Waals surface area contributed by atoms with Gasteiger partial charge in [0.25, 0.3) is 0 Å². The molecule has 2 nitrogen and oxygen atoms in total. The van der Waals surface area contributed by atoms with Gasteiger partial charge in [-0.25, -0.2) is 0 Å². The fraction of sp³-hybridized carbons (Fsp3) is 0.833. The number of esters is 1. The van der Waals surface area contributed by atoms with Gasteiger partial charge in [-0.15, -0.1) is 0 Å². The minimum absolute atomic E-state index is 0.00541. The van der Waals surface area contributed by atoms with E-state index >= 15 is 0 Å². The van der Waals surface area contributed by atoms with E-state index in [0.717, 1.165) is 25.7 Å². The number of hydrogen-bond acceptors (Lipinski definition) is 2. The lowest BCUT2D eigenvalue weighted by Crippen LogP contribution is -2.14. The van der Waals surface area contributed by atoms with Crippen molar-refractivity contribution in [2.45, 2.75) is 96.5 Å². The van der Waals surface area contributed by atoms with E-state index in [2.05, 4.69) is 12.2 Å². The van der Waals surface area contributed by atoms with Crippen molar-refractivity contribution in [1.29, 1.82) is 0 Å². The Balaban J connectivity index is 2.26. The normalized spacial score (nSPS) is 27.1. The van der Waals surface area contributed by atoms with Crippen LogP contribution in [0, 0.1) is 0 Å². The third kappa shape index (κ3) is 10.1. The van der Waals surface area contributed by atoms with Gasteiger partial charge >= 0.3 is 5.97 Å². The molecule has 0 bridgehead atoms. The Kier molecular flexibility index (Phi) is 10.3. The van der Waals surface area contributed by atoms with Gasteiger partial charge < -0.3 is 4.74 Å². The van der Waals surface area contributed by atoms with E-state index in [1.165, 1.54) is 51.4 Å². The molecule has 20 heavy (non-hydrogen) atoms. The number of rotatable bonds is 0. The molecule has 1 aliphatic rings. The van der Waals surface area contributed by atoms with E-state index < -0.39 is 0 Å². The quantitative estimate of drug-likeness (QED) is 0.429. The molecule has 0 aromatic rings. The maximum absolute atomic E-state index is 11.7. The number of carbonyl (C=O) groups is 1. The van der Waals surface area contributed by atoms with Crippen molar-refractivity contribution in [1.82, 2.24) is 0 Å². The Labute approximate surface area is 125 Å². The van der Waals surface area contributed by atoms with Crippen molar-refractivity contribution < 1.29 is 9.53 Å². The Morgan fingerprint density at radius 1 is 0.850 bits per heavy atom. The predicted octanol–water partition coefficient (Wildman–Crippen LogP) is 5.56. The molecule has 0 spiro atoms. The lowest BCUT2D eigenvalue weighted by atomic mass is 10.1. The third-order valence-electron chi connectivity index (χ3n) is 3.98. The molecule has 0 N–H and O–H groups in total. The van der Waals surface area contributed by atoms with Crippen LogP contribution in [0.4, 0.5) is 0 Å². The first-order valence-electron chi connectivity index (χ1n) is 8.63. The van der Waals surface area contributed by atoms with Crippen molar-refractivity contribution >= 4 is 5.97 Å². The maximum Gasteiger partial charge on any atom is 0.306 e. The van der Waals surface area contributed by atoms with Crippen LogP contribution in [-0.2, 0) is 9.53 Å². The van der Waals surface area contributed by atoms with Gasteiger partial charge in [0, 0.05) is 6.42 Å². The van der Waals surface area contributed by atoms with Crippen LogP contribution in [0.25, 0.3) is 0 Å². The molecular weight excluding hydrogens is 248 g/mol. The van der Waals surface area contributed by atoms with Crippen LogP contribution in [0.2, 0.25) is 0 Å². The molecule has 1 atom stereocenters. The van der Waals surface area contributed by atoms with E-state index in [0.29, 0.717) is 6.42 Å². The van der Waals surface area contributed by atoms with Gasteiger partial charge in [-0.05, 0) is 45.4 Å². The summed E-state index contributed by atoms with van der Waals surface area (Å²) in [4.78, 5) is 11.7. The summed E-state index contributed by atoms with van der Waals surface area (Å²) < 4.78 is 5.43. The molecule has 0 amide bonds. The highest BCUT2D eigenvalue weighted by molar-refractivity contribution is 5.69. The highest BCUT2D eigenvalue weighted by Gasteiger charge is 2.08. The van der Waals surface area contributed by atoms with Gasteiger partial charge in [0.05, 0.1) is 6.10 Å². The largest absolute Gasteiger partial charge is 0.463 e. The summed E-state index contributed by atoms with van der Waals surface area (Å²) in [6, 6.07) is 0. The zero-order valence-corrected chi connectivity index (χ0v) is 13.2. The summed E-state index contributed by atoms with van der Waals surface area (Å²) in [5.74, 6) is -0.00541. The van der Waals surface area contributed by atoms with Gasteiger partial charge in [-0.1, -0.05) is 50.7 Å². The van der Waals surface area contributed by atoms with Gasteiger partial charge in [-0.2, -0.15) is 0 Å². The standard InChI is InChI=1S/C18H32O2/c1-17-15-13-11-9-7-5-3-2-4-6-8-10-12-14-16-18(19)20-17/h7,9,17H,2-6,8,10-16H2,1H3/b9-7-. The predicted molar refractivity (Wildman–Crippen MR) is 84.7 cm³/mol. The second-order valence-corrected chi connectivity index (χ2v) is 6.07. The zero-order chi connectivity index (χ0) is 14.5. The molecule has 1 rings (SSSR count).